The molecule has 5 nitrogen and oxygen atoms in total. The van der Waals surface area contributed by atoms with Gasteiger partial charge in [0.1, 0.15) is 0 Å². The van der Waals surface area contributed by atoms with Crippen molar-refractivity contribution in [2.75, 3.05) is 6.54 Å². The molecule has 0 atom stereocenters. The zero-order chi connectivity index (χ0) is 21.7. The smallest absolute Gasteiger partial charge is 0.417 e. The molecule has 0 spiro atoms. The van der Waals surface area contributed by atoms with E-state index in [4.69, 9.17) is 12.3 Å². The van der Waals surface area contributed by atoms with Gasteiger partial charge in [0.05, 0.1) is 0 Å². The molecular formula is C18H45NO4Si4. The lowest BCUT2D eigenvalue weighted by molar-refractivity contribution is -0.129. The molecule has 162 valence electrons. The first kappa shape index (κ1) is 27.2. The number of nitrogens with one attached hydrogen (secondary N) is 1. The van der Waals surface area contributed by atoms with E-state index < -0.39 is 33.8 Å². The molecule has 0 radical (unpaired) electrons. The summed E-state index contributed by atoms with van der Waals surface area (Å²) in [6.45, 7) is 26.4. The highest BCUT2D eigenvalue weighted by Gasteiger charge is 2.49. The van der Waals surface area contributed by atoms with Crippen molar-refractivity contribution < 1.29 is 17.1 Å². The Balaban J connectivity index is 5.29. The quantitative estimate of drug-likeness (QED) is 0.318. The molecule has 0 rings (SSSR count). The first-order valence-corrected chi connectivity index (χ1v) is 22.4. The van der Waals surface area contributed by atoms with Crippen LogP contribution < -0.4 is 5.32 Å². The van der Waals surface area contributed by atoms with Gasteiger partial charge >= 0.3 is 8.80 Å². The Bertz CT molecular complexity index is 438. The minimum atomic E-state index is -2.79. The molecule has 0 fully saturated rings. The SMILES string of the molecule is CCC(C)(C)C(=O)NCCC[Si](O[Si](C)(C)C)(O[Si](C)(C)C)O[Si](C)(C)C. The van der Waals surface area contributed by atoms with Crippen LogP contribution in [0.2, 0.25) is 65.0 Å². The average Bonchev–Trinajstić information content (AvgIpc) is 2.37. The Kier molecular flexibility index (Phi) is 9.89. The van der Waals surface area contributed by atoms with E-state index in [0.29, 0.717) is 6.54 Å². The van der Waals surface area contributed by atoms with Crippen molar-refractivity contribution in [3.8, 4) is 0 Å². The average molecular weight is 452 g/mol. The number of carbonyl (C=O) groups is 1. The van der Waals surface area contributed by atoms with Crippen molar-refractivity contribution >= 4 is 39.7 Å². The van der Waals surface area contributed by atoms with Gasteiger partial charge in [-0.2, -0.15) is 0 Å². The van der Waals surface area contributed by atoms with Crippen LogP contribution in [0.15, 0.2) is 0 Å². The lowest BCUT2D eigenvalue weighted by Crippen LogP contribution is -2.60. The zero-order valence-corrected chi connectivity index (χ0v) is 24.0. The van der Waals surface area contributed by atoms with Crippen molar-refractivity contribution in [1.82, 2.24) is 5.32 Å². The summed E-state index contributed by atoms with van der Waals surface area (Å²) in [5.74, 6) is 0.112. The number of hydrogen-bond donors (Lipinski definition) is 1. The maximum Gasteiger partial charge on any atom is 0.469 e. The maximum atomic E-state index is 12.3. The zero-order valence-electron chi connectivity index (χ0n) is 20.0. The lowest BCUT2D eigenvalue weighted by atomic mass is 9.89. The van der Waals surface area contributed by atoms with E-state index in [1.165, 1.54) is 0 Å². The second-order valence-corrected chi connectivity index (χ2v) is 27.9. The van der Waals surface area contributed by atoms with Crippen LogP contribution in [0.1, 0.15) is 33.6 Å². The molecule has 0 aromatic rings. The van der Waals surface area contributed by atoms with Crippen molar-refractivity contribution in [2.24, 2.45) is 5.41 Å². The molecule has 0 aliphatic heterocycles. The Morgan fingerprint density at radius 2 is 1.19 bits per heavy atom. The maximum absolute atomic E-state index is 12.3. The fourth-order valence-corrected chi connectivity index (χ4v) is 17.2. The van der Waals surface area contributed by atoms with Crippen LogP contribution in [0.5, 0.6) is 0 Å². The van der Waals surface area contributed by atoms with E-state index in [2.05, 4.69) is 64.2 Å². The summed E-state index contributed by atoms with van der Waals surface area (Å²) in [4.78, 5) is 12.3. The summed E-state index contributed by atoms with van der Waals surface area (Å²) in [5, 5.41) is 3.09. The van der Waals surface area contributed by atoms with E-state index >= 15 is 0 Å². The predicted molar refractivity (Wildman–Crippen MR) is 126 cm³/mol. The van der Waals surface area contributed by atoms with Crippen molar-refractivity contribution in [1.29, 1.82) is 0 Å². The Morgan fingerprint density at radius 1 is 0.815 bits per heavy atom. The van der Waals surface area contributed by atoms with Gasteiger partial charge in [0.25, 0.3) is 0 Å². The van der Waals surface area contributed by atoms with Crippen molar-refractivity contribution in [2.45, 2.75) is 98.6 Å². The van der Waals surface area contributed by atoms with Crippen molar-refractivity contribution in [3.63, 3.8) is 0 Å². The first-order chi connectivity index (χ1) is 11.8. The van der Waals surface area contributed by atoms with E-state index in [1.54, 1.807) is 0 Å². The van der Waals surface area contributed by atoms with Crippen LogP contribution in [0, 0.1) is 5.41 Å². The minimum absolute atomic E-state index is 0.112. The van der Waals surface area contributed by atoms with Gasteiger partial charge in [0.2, 0.25) is 5.91 Å². The van der Waals surface area contributed by atoms with E-state index in [1.807, 2.05) is 20.8 Å². The molecule has 0 unspecified atom stereocenters. The Labute approximate surface area is 172 Å². The summed E-state index contributed by atoms with van der Waals surface area (Å²) in [5.41, 5.74) is -0.326. The fourth-order valence-electron chi connectivity index (χ4n) is 2.52. The molecule has 27 heavy (non-hydrogen) atoms. The predicted octanol–water partition coefficient (Wildman–Crippen LogP) is 5.42. The normalized spacial score (nSPS) is 14.4. The van der Waals surface area contributed by atoms with Crippen LogP contribution in [0.3, 0.4) is 0 Å². The number of hydrogen-bond acceptors (Lipinski definition) is 4. The molecule has 0 saturated heterocycles. The minimum Gasteiger partial charge on any atom is -0.417 e. The van der Waals surface area contributed by atoms with Gasteiger partial charge in [-0.05, 0) is 71.8 Å². The number of rotatable bonds is 12. The summed E-state index contributed by atoms with van der Waals surface area (Å²) in [7, 11) is -8.32. The third kappa shape index (κ3) is 12.4. The van der Waals surface area contributed by atoms with Gasteiger partial charge in [-0.15, -0.1) is 0 Å². The highest BCUT2D eigenvalue weighted by molar-refractivity contribution is 6.90. The summed E-state index contributed by atoms with van der Waals surface area (Å²) >= 11 is 0. The second-order valence-electron chi connectivity index (χ2n) is 10.9. The number of carbonyl (C=O) groups excluding carboxylic acids is 1. The van der Waals surface area contributed by atoms with Gasteiger partial charge in [-0.25, -0.2) is 0 Å². The first-order valence-electron chi connectivity index (χ1n) is 10.2. The Morgan fingerprint density at radius 3 is 1.48 bits per heavy atom. The molecule has 0 aliphatic carbocycles. The number of amides is 1. The molecule has 9 heteroatoms. The van der Waals surface area contributed by atoms with Gasteiger partial charge in [0, 0.05) is 18.0 Å². The highest BCUT2D eigenvalue weighted by Crippen LogP contribution is 2.29. The second kappa shape index (κ2) is 9.81. The fraction of sp³-hybridized carbons (Fsp3) is 0.944. The molecular weight excluding hydrogens is 407 g/mol. The summed E-state index contributed by atoms with van der Waals surface area (Å²) in [6.07, 6.45) is 1.64. The topological polar surface area (TPSA) is 56.8 Å². The van der Waals surface area contributed by atoms with Gasteiger partial charge in [0.15, 0.2) is 25.0 Å². The van der Waals surface area contributed by atoms with E-state index in [-0.39, 0.29) is 11.3 Å². The molecule has 0 saturated carbocycles. The molecule has 0 bridgehead atoms. The lowest BCUT2D eigenvalue weighted by Gasteiger charge is -2.43. The molecule has 0 aromatic heterocycles. The third-order valence-corrected chi connectivity index (χ3v) is 15.9. The molecule has 0 aliphatic rings. The molecule has 0 heterocycles. The van der Waals surface area contributed by atoms with Crippen LogP contribution in [-0.2, 0) is 17.1 Å². The van der Waals surface area contributed by atoms with Crippen LogP contribution in [0.25, 0.3) is 0 Å². The van der Waals surface area contributed by atoms with Crippen LogP contribution in [-0.4, -0.2) is 46.2 Å². The molecule has 1 amide bonds. The Hall–Kier alpha value is 0.218. The van der Waals surface area contributed by atoms with Crippen LogP contribution in [0.4, 0.5) is 0 Å². The van der Waals surface area contributed by atoms with Gasteiger partial charge in [-0.1, -0.05) is 20.8 Å². The molecule has 1 N–H and O–H groups in total. The summed E-state index contributed by atoms with van der Waals surface area (Å²) < 4.78 is 20.0. The van der Waals surface area contributed by atoms with E-state index in [0.717, 1.165) is 18.9 Å². The van der Waals surface area contributed by atoms with Crippen LogP contribution >= 0.6 is 0 Å². The monoisotopic (exact) mass is 451 g/mol. The van der Waals surface area contributed by atoms with Gasteiger partial charge < -0.3 is 17.7 Å². The largest absolute Gasteiger partial charge is 0.469 e. The van der Waals surface area contributed by atoms with Gasteiger partial charge in [-0.3, -0.25) is 4.79 Å². The standard InChI is InChI=1S/C18H45NO4Si4/c1-13-18(2,3)17(20)19-15-14-16-27(21-24(4,5)6,22-25(7,8)9)23-26(10,11)12/h13-16H2,1-12H3,(H,19,20). The summed E-state index contributed by atoms with van der Waals surface area (Å²) in [6, 6.07) is 0.763. The van der Waals surface area contributed by atoms with E-state index in [9.17, 15) is 4.79 Å². The highest BCUT2D eigenvalue weighted by atomic mass is 28.5. The van der Waals surface area contributed by atoms with Crippen molar-refractivity contribution in [3.05, 3.63) is 0 Å². The third-order valence-electron chi connectivity index (χ3n) is 3.83. The molecule has 0 aromatic carbocycles.